The quantitative estimate of drug-likeness (QED) is 0.440. The molecule has 7 heteroatoms. The molecule has 0 spiro atoms. The van der Waals surface area contributed by atoms with Gasteiger partial charge in [0, 0.05) is 36.7 Å². The summed E-state index contributed by atoms with van der Waals surface area (Å²) in [6.07, 6.45) is 5.44. The van der Waals surface area contributed by atoms with E-state index in [9.17, 15) is 4.39 Å². The number of rotatable bonds is 4. The summed E-state index contributed by atoms with van der Waals surface area (Å²) in [5, 5.41) is 4.56. The van der Waals surface area contributed by atoms with Crippen molar-refractivity contribution >= 4 is 28.5 Å². The summed E-state index contributed by atoms with van der Waals surface area (Å²) < 4.78 is 21.4. The molecule has 31 heavy (non-hydrogen) atoms. The SMILES string of the molecule is Cc1cccc(-n2cc(-c3ccc(F)c(Cl)c3)c3c(NC4CCOCC4)ncnc32)c1. The van der Waals surface area contributed by atoms with Gasteiger partial charge < -0.3 is 14.6 Å². The second-order valence-electron chi connectivity index (χ2n) is 7.83. The molecule has 2 aromatic carbocycles. The van der Waals surface area contributed by atoms with Crippen molar-refractivity contribution in [2.24, 2.45) is 0 Å². The van der Waals surface area contributed by atoms with Crippen LogP contribution >= 0.6 is 11.6 Å². The third-order valence-electron chi connectivity index (χ3n) is 5.66. The first-order valence-corrected chi connectivity index (χ1v) is 10.7. The van der Waals surface area contributed by atoms with Crippen LogP contribution in [-0.4, -0.2) is 33.8 Å². The van der Waals surface area contributed by atoms with Gasteiger partial charge in [-0.2, -0.15) is 0 Å². The molecule has 0 unspecified atom stereocenters. The standard InChI is InChI=1S/C24H22ClFN4O/c1-15-3-2-4-18(11-15)30-13-19(16-5-6-21(26)20(25)12-16)22-23(27-14-28-24(22)30)29-17-7-9-31-10-8-17/h2-6,11-14,17H,7-10H2,1H3,(H,27,28,29). The summed E-state index contributed by atoms with van der Waals surface area (Å²) in [4.78, 5) is 9.18. The molecule has 0 saturated carbocycles. The Bertz CT molecular complexity index is 1250. The average Bonchev–Trinajstić information content (AvgIpc) is 3.17. The van der Waals surface area contributed by atoms with Gasteiger partial charge in [0.25, 0.3) is 0 Å². The zero-order valence-corrected chi connectivity index (χ0v) is 17.9. The Labute approximate surface area is 184 Å². The van der Waals surface area contributed by atoms with E-state index in [4.69, 9.17) is 16.3 Å². The van der Waals surface area contributed by atoms with Crippen molar-refractivity contribution in [2.75, 3.05) is 18.5 Å². The van der Waals surface area contributed by atoms with E-state index in [1.54, 1.807) is 18.5 Å². The maximum Gasteiger partial charge on any atom is 0.150 e. The van der Waals surface area contributed by atoms with Crippen molar-refractivity contribution < 1.29 is 9.13 Å². The fraction of sp³-hybridized carbons (Fsp3) is 0.250. The smallest absolute Gasteiger partial charge is 0.150 e. The van der Waals surface area contributed by atoms with Gasteiger partial charge >= 0.3 is 0 Å². The minimum atomic E-state index is -0.440. The highest BCUT2D eigenvalue weighted by Gasteiger charge is 2.21. The number of hydrogen-bond acceptors (Lipinski definition) is 4. The van der Waals surface area contributed by atoms with Crippen LogP contribution in [-0.2, 0) is 4.74 Å². The normalized spacial score (nSPS) is 14.8. The van der Waals surface area contributed by atoms with Gasteiger partial charge in [-0.3, -0.25) is 0 Å². The molecule has 4 aromatic rings. The van der Waals surface area contributed by atoms with Gasteiger partial charge in [0.1, 0.15) is 18.0 Å². The number of halogens is 2. The van der Waals surface area contributed by atoms with Crippen molar-refractivity contribution in [1.82, 2.24) is 14.5 Å². The summed E-state index contributed by atoms with van der Waals surface area (Å²) in [6, 6.07) is 13.3. The zero-order valence-electron chi connectivity index (χ0n) is 17.1. The molecular formula is C24H22ClFN4O. The number of aromatic nitrogens is 3. The van der Waals surface area contributed by atoms with E-state index in [0.29, 0.717) is 0 Å². The highest BCUT2D eigenvalue weighted by atomic mass is 35.5. The fourth-order valence-electron chi connectivity index (χ4n) is 4.06. The van der Waals surface area contributed by atoms with E-state index in [0.717, 1.165) is 65.3 Å². The first-order chi connectivity index (χ1) is 15.1. The lowest BCUT2D eigenvalue weighted by Crippen LogP contribution is -2.28. The van der Waals surface area contributed by atoms with E-state index < -0.39 is 5.82 Å². The van der Waals surface area contributed by atoms with Gasteiger partial charge in [0.05, 0.1) is 10.4 Å². The first-order valence-electron chi connectivity index (χ1n) is 10.3. The number of aryl methyl sites for hydroxylation is 1. The van der Waals surface area contributed by atoms with Crippen LogP contribution in [0.2, 0.25) is 5.02 Å². The van der Waals surface area contributed by atoms with Gasteiger partial charge in [-0.1, -0.05) is 29.8 Å². The van der Waals surface area contributed by atoms with Crippen molar-refractivity contribution in [1.29, 1.82) is 0 Å². The predicted molar refractivity (Wildman–Crippen MR) is 121 cm³/mol. The molecule has 3 heterocycles. The molecule has 0 aliphatic carbocycles. The maximum absolute atomic E-state index is 13.8. The van der Waals surface area contributed by atoms with Gasteiger partial charge in [0.2, 0.25) is 0 Å². The summed E-state index contributed by atoms with van der Waals surface area (Å²) in [6.45, 7) is 3.52. The number of fused-ring (bicyclic) bond motifs is 1. The Balaban J connectivity index is 1.72. The second kappa shape index (κ2) is 8.29. The molecular weight excluding hydrogens is 415 g/mol. The van der Waals surface area contributed by atoms with E-state index in [1.807, 2.05) is 22.9 Å². The Kier molecular flexibility index (Phi) is 5.34. The minimum Gasteiger partial charge on any atom is -0.381 e. The van der Waals surface area contributed by atoms with Crippen molar-refractivity contribution in [3.63, 3.8) is 0 Å². The largest absolute Gasteiger partial charge is 0.381 e. The van der Waals surface area contributed by atoms with E-state index in [-0.39, 0.29) is 11.1 Å². The fourth-order valence-corrected chi connectivity index (χ4v) is 4.24. The Hall–Kier alpha value is -2.96. The van der Waals surface area contributed by atoms with Crippen LogP contribution in [0.4, 0.5) is 10.2 Å². The lowest BCUT2D eigenvalue weighted by atomic mass is 10.1. The number of ether oxygens (including phenoxy) is 1. The van der Waals surface area contributed by atoms with E-state index >= 15 is 0 Å². The molecule has 1 N–H and O–H groups in total. The molecule has 1 aliphatic heterocycles. The molecule has 1 saturated heterocycles. The molecule has 0 atom stereocenters. The Morgan fingerprint density at radius 2 is 1.97 bits per heavy atom. The van der Waals surface area contributed by atoms with Crippen molar-refractivity contribution in [3.05, 3.63) is 71.4 Å². The molecule has 5 nitrogen and oxygen atoms in total. The molecule has 0 bridgehead atoms. The van der Waals surface area contributed by atoms with Crippen LogP contribution in [0, 0.1) is 12.7 Å². The zero-order chi connectivity index (χ0) is 21.4. The minimum absolute atomic E-state index is 0.0877. The number of nitrogens with zero attached hydrogens (tertiary/aromatic N) is 3. The Morgan fingerprint density at radius 3 is 2.74 bits per heavy atom. The van der Waals surface area contributed by atoms with E-state index in [1.165, 1.54) is 6.07 Å². The van der Waals surface area contributed by atoms with Crippen LogP contribution < -0.4 is 5.32 Å². The lowest BCUT2D eigenvalue weighted by Gasteiger charge is -2.24. The maximum atomic E-state index is 13.8. The molecule has 158 valence electrons. The van der Waals surface area contributed by atoms with Crippen LogP contribution in [0.3, 0.4) is 0 Å². The molecule has 1 fully saturated rings. The highest BCUT2D eigenvalue weighted by molar-refractivity contribution is 6.31. The van der Waals surface area contributed by atoms with Crippen LogP contribution in [0.25, 0.3) is 27.8 Å². The number of hydrogen-bond donors (Lipinski definition) is 1. The number of benzene rings is 2. The summed E-state index contributed by atoms with van der Waals surface area (Å²) in [7, 11) is 0. The predicted octanol–water partition coefficient (Wildman–Crippen LogP) is 5.78. The third kappa shape index (κ3) is 3.89. The number of nitrogens with one attached hydrogen (secondary N) is 1. The Morgan fingerprint density at radius 1 is 1.13 bits per heavy atom. The van der Waals surface area contributed by atoms with Crippen LogP contribution in [0.5, 0.6) is 0 Å². The summed E-state index contributed by atoms with van der Waals surface area (Å²) >= 11 is 6.11. The molecule has 1 aliphatic rings. The second-order valence-corrected chi connectivity index (χ2v) is 8.24. The lowest BCUT2D eigenvalue weighted by molar-refractivity contribution is 0.0904. The molecule has 0 radical (unpaired) electrons. The van der Waals surface area contributed by atoms with Crippen LogP contribution in [0.1, 0.15) is 18.4 Å². The molecule has 2 aromatic heterocycles. The van der Waals surface area contributed by atoms with E-state index in [2.05, 4.69) is 34.3 Å². The summed E-state index contributed by atoms with van der Waals surface area (Å²) in [5.74, 6) is 0.323. The third-order valence-corrected chi connectivity index (χ3v) is 5.95. The van der Waals surface area contributed by atoms with Crippen LogP contribution in [0.15, 0.2) is 55.0 Å². The monoisotopic (exact) mass is 436 g/mol. The van der Waals surface area contributed by atoms with Gasteiger partial charge in [-0.25, -0.2) is 14.4 Å². The first kappa shape index (κ1) is 20.0. The van der Waals surface area contributed by atoms with Gasteiger partial charge in [0.15, 0.2) is 5.65 Å². The summed E-state index contributed by atoms with van der Waals surface area (Å²) in [5.41, 5.74) is 4.65. The van der Waals surface area contributed by atoms with Gasteiger partial charge in [-0.15, -0.1) is 0 Å². The van der Waals surface area contributed by atoms with Crippen molar-refractivity contribution in [3.8, 4) is 16.8 Å². The molecule has 5 rings (SSSR count). The average molecular weight is 437 g/mol. The topological polar surface area (TPSA) is 52.0 Å². The van der Waals surface area contributed by atoms with Gasteiger partial charge in [-0.05, 0) is 55.2 Å². The number of anilines is 1. The molecule has 0 amide bonds. The van der Waals surface area contributed by atoms with Crippen molar-refractivity contribution in [2.45, 2.75) is 25.8 Å². The highest BCUT2D eigenvalue weighted by Crippen LogP contribution is 2.37.